The molecule has 0 aliphatic heterocycles. The molecule has 0 spiro atoms. The normalized spacial score (nSPS) is 14.6. The summed E-state index contributed by atoms with van der Waals surface area (Å²) < 4.78 is 5.76. The van der Waals surface area contributed by atoms with Gasteiger partial charge in [-0.05, 0) is 49.2 Å². The molecule has 1 amide bonds. The molecule has 1 heterocycles. The van der Waals surface area contributed by atoms with Crippen LogP contribution in [-0.4, -0.2) is 10.9 Å². The molecule has 1 saturated carbocycles. The van der Waals surface area contributed by atoms with Crippen LogP contribution >= 0.6 is 23.2 Å². The second-order valence-electron chi connectivity index (χ2n) is 5.94. The number of benzene rings is 2. The highest BCUT2D eigenvalue weighted by Gasteiger charge is 2.25. The highest BCUT2D eigenvalue weighted by molar-refractivity contribution is 6.33. The van der Waals surface area contributed by atoms with Crippen LogP contribution in [0.5, 0.6) is 0 Å². The van der Waals surface area contributed by atoms with Crippen molar-refractivity contribution in [3.05, 3.63) is 46.4 Å². The second kappa shape index (κ2) is 6.11. The summed E-state index contributed by atoms with van der Waals surface area (Å²) in [4.78, 5) is 16.5. The van der Waals surface area contributed by atoms with E-state index in [1.165, 1.54) is 0 Å². The number of carbonyl (C=O) groups excluding carboxylic acids is 1. The molecule has 1 N–H and O–H groups in total. The molecule has 0 radical (unpaired) electrons. The lowest BCUT2D eigenvalue weighted by Gasteiger charge is -2.24. The average molecular weight is 361 g/mol. The predicted octanol–water partition coefficient (Wildman–Crippen LogP) is 5.54. The molecule has 1 aromatic heterocycles. The quantitative estimate of drug-likeness (QED) is 0.666. The van der Waals surface area contributed by atoms with E-state index in [0.29, 0.717) is 38.3 Å². The Balaban J connectivity index is 1.67. The van der Waals surface area contributed by atoms with Gasteiger partial charge in [-0.2, -0.15) is 0 Å². The number of carbonyl (C=O) groups is 1. The maximum absolute atomic E-state index is 12.1. The van der Waals surface area contributed by atoms with Crippen LogP contribution in [0.3, 0.4) is 0 Å². The average Bonchev–Trinajstić information content (AvgIpc) is 2.90. The van der Waals surface area contributed by atoms with E-state index in [9.17, 15) is 4.79 Å². The van der Waals surface area contributed by atoms with Gasteiger partial charge < -0.3 is 9.73 Å². The summed E-state index contributed by atoms with van der Waals surface area (Å²) >= 11 is 12.3. The summed E-state index contributed by atoms with van der Waals surface area (Å²) in [5.74, 6) is 0.575. The molecule has 24 heavy (non-hydrogen) atoms. The maximum Gasteiger partial charge on any atom is 0.228 e. The zero-order chi connectivity index (χ0) is 16.7. The Morgan fingerprint density at radius 3 is 2.75 bits per heavy atom. The molecule has 3 aromatic rings. The third-order valence-electron chi connectivity index (χ3n) is 4.29. The molecule has 1 aliphatic rings. The van der Waals surface area contributed by atoms with Crippen molar-refractivity contribution >= 4 is 45.9 Å². The van der Waals surface area contributed by atoms with Crippen LogP contribution in [0.4, 0.5) is 5.69 Å². The fraction of sp³-hybridized carbons (Fsp3) is 0.222. The Labute approximate surface area is 148 Å². The fourth-order valence-corrected chi connectivity index (χ4v) is 3.06. The van der Waals surface area contributed by atoms with Crippen LogP contribution < -0.4 is 5.32 Å². The van der Waals surface area contributed by atoms with Gasteiger partial charge in [-0.1, -0.05) is 29.6 Å². The van der Waals surface area contributed by atoms with Crippen molar-refractivity contribution in [2.45, 2.75) is 19.3 Å². The van der Waals surface area contributed by atoms with Gasteiger partial charge in [0, 0.05) is 16.6 Å². The number of halogens is 2. The number of nitrogens with zero attached hydrogens (tertiary/aromatic N) is 1. The highest BCUT2D eigenvalue weighted by atomic mass is 35.5. The number of rotatable bonds is 3. The first-order chi connectivity index (χ1) is 11.6. The van der Waals surface area contributed by atoms with Crippen LogP contribution in [0.25, 0.3) is 22.6 Å². The van der Waals surface area contributed by atoms with Crippen molar-refractivity contribution in [3.8, 4) is 11.5 Å². The van der Waals surface area contributed by atoms with Crippen LogP contribution in [0, 0.1) is 5.92 Å². The number of amides is 1. The lowest BCUT2D eigenvalue weighted by atomic mass is 9.85. The third-order valence-corrected chi connectivity index (χ3v) is 4.85. The molecule has 122 valence electrons. The molecular formula is C18H14Cl2N2O2. The van der Waals surface area contributed by atoms with Crippen molar-refractivity contribution in [1.82, 2.24) is 4.98 Å². The first-order valence-corrected chi connectivity index (χ1v) is 8.52. The summed E-state index contributed by atoms with van der Waals surface area (Å²) in [7, 11) is 0. The molecule has 0 atom stereocenters. The van der Waals surface area contributed by atoms with E-state index >= 15 is 0 Å². The van der Waals surface area contributed by atoms with Crippen LogP contribution in [0.2, 0.25) is 10.0 Å². The Kier molecular flexibility index (Phi) is 3.94. The number of anilines is 1. The van der Waals surface area contributed by atoms with Crippen LogP contribution in [-0.2, 0) is 4.79 Å². The van der Waals surface area contributed by atoms with Gasteiger partial charge in [0.05, 0.1) is 10.6 Å². The Bertz CT molecular complexity index is 932. The first-order valence-electron chi connectivity index (χ1n) is 7.77. The summed E-state index contributed by atoms with van der Waals surface area (Å²) in [5, 5.41) is 4.04. The molecule has 1 fully saturated rings. The van der Waals surface area contributed by atoms with Crippen molar-refractivity contribution < 1.29 is 9.21 Å². The van der Waals surface area contributed by atoms with Crippen molar-refractivity contribution in [2.75, 3.05) is 5.32 Å². The SMILES string of the molecule is O=C(Nc1ccc(Cl)c(-c2nc3cc(Cl)ccc3o2)c1)C1CCC1. The topological polar surface area (TPSA) is 55.1 Å². The van der Waals surface area contributed by atoms with E-state index in [1.807, 2.05) is 0 Å². The van der Waals surface area contributed by atoms with E-state index < -0.39 is 0 Å². The van der Waals surface area contributed by atoms with Gasteiger partial charge >= 0.3 is 0 Å². The number of hydrogen-bond acceptors (Lipinski definition) is 3. The highest BCUT2D eigenvalue weighted by Crippen LogP contribution is 2.34. The lowest BCUT2D eigenvalue weighted by molar-refractivity contribution is -0.122. The van der Waals surface area contributed by atoms with Crippen molar-refractivity contribution in [3.63, 3.8) is 0 Å². The monoisotopic (exact) mass is 360 g/mol. The summed E-state index contributed by atoms with van der Waals surface area (Å²) in [6.07, 6.45) is 3.03. The summed E-state index contributed by atoms with van der Waals surface area (Å²) in [6.45, 7) is 0. The minimum absolute atomic E-state index is 0.0545. The first kappa shape index (κ1) is 15.5. The smallest absolute Gasteiger partial charge is 0.228 e. The van der Waals surface area contributed by atoms with Gasteiger partial charge in [0.25, 0.3) is 0 Å². The lowest BCUT2D eigenvalue weighted by Crippen LogP contribution is -2.28. The number of nitrogens with one attached hydrogen (secondary N) is 1. The van der Waals surface area contributed by atoms with Gasteiger partial charge in [-0.3, -0.25) is 4.79 Å². The number of hydrogen-bond donors (Lipinski definition) is 1. The second-order valence-corrected chi connectivity index (χ2v) is 6.79. The van der Waals surface area contributed by atoms with E-state index in [1.54, 1.807) is 36.4 Å². The van der Waals surface area contributed by atoms with Crippen LogP contribution in [0.1, 0.15) is 19.3 Å². The Morgan fingerprint density at radius 1 is 1.17 bits per heavy atom. The largest absolute Gasteiger partial charge is 0.436 e. The van der Waals surface area contributed by atoms with E-state index in [2.05, 4.69) is 10.3 Å². The zero-order valence-electron chi connectivity index (χ0n) is 12.7. The van der Waals surface area contributed by atoms with Gasteiger partial charge in [-0.25, -0.2) is 4.98 Å². The third kappa shape index (κ3) is 2.87. The Morgan fingerprint density at radius 2 is 2.00 bits per heavy atom. The summed E-state index contributed by atoms with van der Waals surface area (Å²) in [6, 6.07) is 10.5. The van der Waals surface area contributed by atoms with E-state index in [4.69, 9.17) is 27.6 Å². The standard InChI is InChI=1S/C18H14Cl2N2O2/c19-11-4-7-16-15(8-11)22-18(24-16)13-9-12(5-6-14(13)20)21-17(23)10-2-1-3-10/h4-10H,1-3H2,(H,21,23). The zero-order valence-corrected chi connectivity index (χ0v) is 14.2. The molecular weight excluding hydrogens is 347 g/mol. The fourth-order valence-electron chi connectivity index (χ4n) is 2.70. The molecule has 4 rings (SSSR count). The van der Waals surface area contributed by atoms with Gasteiger partial charge in [0.15, 0.2) is 5.58 Å². The number of aromatic nitrogens is 1. The Hall–Kier alpha value is -2.04. The maximum atomic E-state index is 12.1. The van der Waals surface area contributed by atoms with Crippen LogP contribution in [0.15, 0.2) is 40.8 Å². The minimum Gasteiger partial charge on any atom is -0.436 e. The molecule has 0 bridgehead atoms. The van der Waals surface area contributed by atoms with Gasteiger partial charge in [0.2, 0.25) is 11.8 Å². The van der Waals surface area contributed by atoms with Gasteiger partial charge in [-0.15, -0.1) is 0 Å². The van der Waals surface area contributed by atoms with Gasteiger partial charge in [0.1, 0.15) is 5.52 Å². The predicted molar refractivity (Wildman–Crippen MR) is 95.4 cm³/mol. The molecule has 0 saturated heterocycles. The van der Waals surface area contributed by atoms with Crippen molar-refractivity contribution in [1.29, 1.82) is 0 Å². The minimum atomic E-state index is 0.0545. The molecule has 1 aliphatic carbocycles. The number of oxazole rings is 1. The van der Waals surface area contributed by atoms with Crippen molar-refractivity contribution in [2.24, 2.45) is 5.92 Å². The molecule has 2 aromatic carbocycles. The number of fused-ring (bicyclic) bond motifs is 1. The molecule has 0 unspecified atom stereocenters. The summed E-state index contributed by atoms with van der Waals surface area (Å²) in [5.41, 5.74) is 2.62. The molecule has 6 heteroatoms. The van der Waals surface area contributed by atoms with E-state index in [0.717, 1.165) is 19.3 Å². The molecule has 4 nitrogen and oxygen atoms in total. The van der Waals surface area contributed by atoms with E-state index in [-0.39, 0.29) is 11.8 Å².